The third-order valence-electron chi connectivity index (χ3n) is 1.32. The molecule has 1 aromatic rings. The van der Waals surface area contributed by atoms with Crippen molar-refractivity contribution >= 4 is 0 Å². The molecular weight excluding hydrogens is 334 g/mol. The van der Waals surface area contributed by atoms with Crippen LogP contribution in [0.5, 0.6) is 0 Å². The van der Waals surface area contributed by atoms with Crippen LogP contribution in [-0.2, 0) is 33.7 Å². The van der Waals surface area contributed by atoms with Gasteiger partial charge in [0, 0.05) is 0 Å². The van der Waals surface area contributed by atoms with E-state index in [1.54, 1.807) is 0 Å². The van der Waals surface area contributed by atoms with E-state index >= 15 is 0 Å². The van der Waals surface area contributed by atoms with Gasteiger partial charge in [-0.05, 0) is 0 Å². The minimum Gasteiger partial charge on any atom is -1.00 e. The van der Waals surface area contributed by atoms with Gasteiger partial charge >= 0.3 is 27.3 Å². The average molecular weight is 342 g/mol. The third kappa shape index (κ3) is 7.00. The Morgan fingerprint density at radius 3 is 2.31 bits per heavy atom. The first-order chi connectivity index (χ1) is 5.29. The molecule has 0 atom stereocenters. The van der Waals surface area contributed by atoms with Crippen LogP contribution in [0.1, 0.15) is 5.56 Å². The first-order valence-corrected chi connectivity index (χ1v) is 3.30. The summed E-state index contributed by atoms with van der Waals surface area (Å²) in [4.78, 5) is 9.50. The van der Waals surface area contributed by atoms with Gasteiger partial charge in [-0.25, -0.2) is 0 Å². The van der Waals surface area contributed by atoms with Crippen LogP contribution in [0.25, 0.3) is 0 Å². The van der Waals surface area contributed by atoms with E-state index in [4.69, 9.17) is 0 Å². The fraction of sp³-hybridized carbons (Fsp3) is 0.125. The number of rotatable bonds is 3. The van der Waals surface area contributed by atoms with E-state index in [-0.39, 0.29) is 44.3 Å². The van der Waals surface area contributed by atoms with E-state index in [0.29, 0.717) is 6.42 Å². The molecule has 1 rings (SSSR count). The Balaban J connectivity index is 0. The average Bonchev–Trinajstić information content (AvgIpc) is 2.03. The predicted molar refractivity (Wildman–Crippen MR) is 41.4 cm³/mol. The molecule has 0 N–H and O–H groups in total. The molecule has 0 aliphatic carbocycles. The van der Waals surface area contributed by atoms with Gasteiger partial charge in [-0.3, -0.25) is 10.1 Å². The molecule has 0 heterocycles. The van der Waals surface area contributed by atoms with Crippen LogP contribution in [0.15, 0.2) is 30.3 Å². The summed E-state index contributed by atoms with van der Waals surface area (Å²) in [5.74, 6) is 0. The minimum atomic E-state index is -0.424. The van der Waals surface area contributed by atoms with E-state index in [1.165, 1.54) is 0 Å². The maximum Gasteiger partial charge on any atom is 2.00 e. The van der Waals surface area contributed by atoms with Crippen molar-refractivity contribution in [2.24, 2.45) is 0 Å². The standard InChI is InChI=1S/C8H8NO2.BrH.Cd/c10-9(11)7-6-8-4-2-1-3-5-8;;/h1-5,7H,6H2;1H;/q-1;;+2/p-1. The van der Waals surface area contributed by atoms with E-state index in [9.17, 15) is 10.1 Å². The van der Waals surface area contributed by atoms with Crippen molar-refractivity contribution in [2.75, 3.05) is 0 Å². The molecule has 0 aliphatic rings. The molecular formula is C8H8BrCdNO2. The molecule has 0 unspecified atom stereocenters. The molecule has 1 aromatic carbocycles. The Hall–Kier alpha value is -0.108. The van der Waals surface area contributed by atoms with Crippen LogP contribution in [0.3, 0.4) is 0 Å². The molecule has 0 aliphatic heterocycles. The molecule has 0 saturated carbocycles. The van der Waals surface area contributed by atoms with Crippen molar-refractivity contribution < 1.29 is 49.2 Å². The van der Waals surface area contributed by atoms with Crippen molar-refractivity contribution in [3.8, 4) is 0 Å². The van der Waals surface area contributed by atoms with Gasteiger partial charge in [0.1, 0.15) is 0 Å². The molecule has 0 radical (unpaired) electrons. The van der Waals surface area contributed by atoms with Gasteiger partial charge in [0.05, 0.1) is 0 Å². The van der Waals surface area contributed by atoms with Crippen molar-refractivity contribution in [3.63, 3.8) is 0 Å². The Kier molecular flexibility index (Phi) is 10.0. The monoisotopic (exact) mass is 343 g/mol. The molecule has 0 aromatic heterocycles. The van der Waals surface area contributed by atoms with Gasteiger partial charge < -0.3 is 17.0 Å². The van der Waals surface area contributed by atoms with E-state index < -0.39 is 4.92 Å². The second-order valence-corrected chi connectivity index (χ2v) is 2.16. The zero-order valence-electron chi connectivity index (χ0n) is 7.02. The maximum atomic E-state index is 9.92. The van der Waals surface area contributed by atoms with E-state index in [2.05, 4.69) is 0 Å². The van der Waals surface area contributed by atoms with Gasteiger partial charge in [-0.15, -0.1) is 4.92 Å². The summed E-state index contributed by atoms with van der Waals surface area (Å²) in [6.07, 6.45) is 0.397. The third-order valence-corrected chi connectivity index (χ3v) is 1.32. The molecule has 0 bridgehead atoms. The fourth-order valence-electron chi connectivity index (χ4n) is 0.794. The summed E-state index contributed by atoms with van der Waals surface area (Å²) in [6, 6.07) is 9.34. The van der Waals surface area contributed by atoms with Crippen molar-refractivity contribution in [3.05, 3.63) is 52.6 Å². The quantitative estimate of drug-likeness (QED) is 0.296. The summed E-state index contributed by atoms with van der Waals surface area (Å²) in [6.45, 7) is 1.05. The van der Waals surface area contributed by atoms with Crippen LogP contribution in [0.2, 0.25) is 0 Å². The summed E-state index contributed by atoms with van der Waals surface area (Å²) in [5.41, 5.74) is 0.962. The summed E-state index contributed by atoms with van der Waals surface area (Å²) < 4.78 is 0. The molecule has 66 valence electrons. The van der Waals surface area contributed by atoms with E-state index in [1.807, 2.05) is 30.3 Å². The van der Waals surface area contributed by atoms with Crippen LogP contribution in [0.4, 0.5) is 0 Å². The van der Waals surface area contributed by atoms with Gasteiger partial charge in [0.15, 0.2) is 0 Å². The second kappa shape index (κ2) is 8.49. The smallest absolute Gasteiger partial charge is 1.00 e. The van der Waals surface area contributed by atoms with Gasteiger partial charge in [0.2, 0.25) is 0 Å². The van der Waals surface area contributed by atoms with E-state index in [0.717, 1.165) is 12.1 Å². The Labute approximate surface area is 108 Å². The van der Waals surface area contributed by atoms with Crippen LogP contribution in [0, 0.1) is 16.7 Å². The second-order valence-electron chi connectivity index (χ2n) is 2.16. The molecule has 13 heavy (non-hydrogen) atoms. The number of hydrogen-bond donors (Lipinski definition) is 0. The fourth-order valence-corrected chi connectivity index (χ4v) is 0.794. The minimum absolute atomic E-state index is 0. The zero-order valence-corrected chi connectivity index (χ0v) is 12.6. The summed E-state index contributed by atoms with van der Waals surface area (Å²) >= 11 is 0. The topological polar surface area (TPSA) is 43.1 Å². The molecule has 0 amide bonds. The first kappa shape index (κ1) is 15.4. The number of nitrogens with zero attached hydrogens (tertiary/aromatic N) is 1. The number of benzene rings is 1. The Morgan fingerprint density at radius 2 is 1.85 bits per heavy atom. The van der Waals surface area contributed by atoms with Crippen molar-refractivity contribution in [1.82, 2.24) is 0 Å². The van der Waals surface area contributed by atoms with Gasteiger partial charge in [-0.1, -0.05) is 48.9 Å². The van der Waals surface area contributed by atoms with Crippen LogP contribution < -0.4 is 17.0 Å². The first-order valence-electron chi connectivity index (χ1n) is 3.30. The maximum absolute atomic E-state index is 9.92. The van der Waals surface area contributed by atoms with Crippen LogP contribution in [-0.4, -0.2) is 4.92 Å². The molecule has 0 spiro atoms. The Morgan fingerprint density at radius 1 is 1.31 bits per heavy atom. The largest absolute Gasteiger partial charge is 2.00 e. The predicted octanol–water partition coefficient (Wildman–Crippen LogP) is -1.33. The molecule has 0 fully saturated rings. The molecule has 5 heteroatoms. The number of hydrogen-bond acceptors (Lipinski definition) is 2. The van der Waals surface area contributed by atoms with Gasteiger partial charge in [-0.2, -0.15) is 0 Å². The van der Waals surface area contributed by atoms with Crippen molar-refractivity contribution in [2.45, 2.75) is 6.42 Å². The summed E-state index contributed by atoms with van der Waals surface area (Å²) in [5, 5.41) is 9.92. The van der Waals surface area contributed by atoms with Crippen molar-refractivity contribution in [1.29, 1.82) is 0 Å². The van der Waals surface area contributed by atoms with Crippen LogP contribution >= 0.6 is 0 Å². The number of halogens is 1. The Bertz CT molecular complexity index is 243. The number of nitro groups is 1. The zero-order chi connectivity index (χ0) is 8.10. The summed E-state index contributed by atoms with van der Waals surface area (Å²) in [7, 11) is 0. The normalized spacial score (nSPS) is 7.69. The molecule has 0 saturated heterocycles. The molecule has 3 nitrogen and oxygen atoms in total. The SMILES string of the molecule is O=[N+]([O-])[CH-]Cc1ccccc1.[Br-].[Cd+2]. The van der Waals surface area contributed by atoms with Gasteiger partial charge in [0.25, 0.3) is 0 Å².